The molecule has 2 amide bonds. The SMILES string of the molecule is CC1CC(CCNC(=O)N2CCCC(C(=O)O)C2)CCO1. The van der Waals surface area contributed by atoms with E-state index in [1.165, 1.54) is 0 Å². The minimum atomic E-state index is -0.802. The van der Waals surface area contributed by atoms with Gasteiger partial charge in [-0.1, -0.05) is 0 Å². The fourth-order valence-corrected chi connectivity index (χ4v) is 3.21. The molecule has 0 spiro atoms. The van der Waals surface area contributed by atoms with Gasteiger partial charge in [0, 0.05) is 26.2 Å². The molecule has 21 heavy (non-hydrogen) atoms. The molecule has 2 N–H and O–H groups in total. The molecule has 6 heteroatoms. The van der Waals surface area contributed by atoms with E-state index in [1.54, 1.807) is 4.90 Å². The van der Waals surface area contributed by atoms with Gasteiger partial charge in [0.15, 0.2) is 0 Å². The van der Waals surface area contributed by atoms with E-state index in [-0.39, 0.29) is 6.03 Å². The normalized spacial score (nSPS) is 30.0. The predicted molar refractivity (Wildman–Crippen MR) is 78.1 cm³/mol. The topological polar surface area (TPSA) is 78.9 Å². The lowest BCUT2D eigenvalue weighted by Gasteiger charge is -2.31. The number of carbonyl (C=O) groups excluding carboxylic acids is 1. The van der Waals surface area contributed by atoms with E-state index in [1.807, 2.05) is 0 Å². The fraction of sp³-hybridized carbons (Fsp3) is 0.867. The first-order valence-electron chi connectivity index (χ1n) is 7.93. The molecule has 0 aromatic rings. The van der Waals surface area contributed by atoms with Crippen LogP contribution in [0.25, 0.3) is 0 Å². The molecule has 3 atom stereocenters. The summed E-state index contributed by atoms with van der Waals surface area (Å²) in [6.07, 6.45) is 4.83. The van der Waals surface area contributed by atoms with Gasteiger partial charge < -0.3 is 20.1 Å². The van der Waals surface area contributed by atoms with Gasteiger partial charge in [-0.2, -0.15) is 0 Å². The molecule has 120 valence electrons. The number of carbonyl (C=O) groups is 2. The highest BCUT2D eigenvalue weighted by Gasteiger charge is 2.28. The van der Waals surface area contributed by atoms with E-state index in [0.717, 1.165) is 32.3 Å². The average molecular weight is 298 g/mol. The summed E-state index contributed by atoms with van der Waals surface area (Å²) in [7, 11) is 0. The quantitative estimate of drug-likeness (QED) is 0.828. The molecule has 2 rings (SSSR count). The zero-order valence-electron chi connectivity index (χ0n) is 12.7. The highest BCUT2D eigenvalue weighted by Crippen LogP contribution is 2.22. The predicted octanol–water partition coefficient (Wildman–Crippen LogP) is 1.70. The largest absolute Gasteiger partial charge is 0.481 e. The van der Waals surface area contributed by atoms with Crippen LogP contribution in [0.2, 0.25) is 0 Å². The van der Waals surface area contributed by atoms with Crippen LogP contribution in [0, 0.1) is 11.8 Å². The molecule has 0 aromatic heterocycles. The molecule has 0 bridgehead atoms. The van der Waals surface area contributed by atoms with Crippen LogP contribution >= 0.6 is 0 Å². The highest BCUT2D eigenvalue weighted by atomic mass is 16.5. The van der Waals surface area contributed by atoms with Gasteiger partial charge in [-0.05, 0) is 44.9 Å². The zero-order chi connectivity index (χ0) is 15.2. The molecule has 0 saturated carbocycles. The second kappa shape index (κ2) is 7.64. The maximum Gasteiger partial charge on any atom is 0.317 e. The van der Waals surface area contributed by atoms with E-state index in [0.29, 0.717) is 38.1 Å². The molecular weight excluding hydrogens is 272 g/mol. The minimum Gasteiger partial charge on any atom is -0.481 e. The molecule has 0 aromatic carbocycles. The second-order valence-corrected chi connectivity index (χ2v) is 6.22. The van der Waals surface area contributed by atoms with Gasteiger partial charge in [-0.3, -0.25) is 4.79 Å². The number of carboxylic acid groups (broad SMARTS) is 1. The third-order valence-electron chi connectivity index (χ3n) is 4.48. The van der Waals surface area contributed by atoms with Crippen molar-refractivity contribution in [1.29, 1.82) is 0 Å². The summed E-state index contributed by atoms with van der Waals surface area (Å²) in [5.41, 5.74) is 0. The van der Waals surface area contributed by atoms with E-state index in [2.05, 4.69) is 12.2 Å². The fourth-order valence-electron chi connectivity index (χ4n) is 3.21. The molecule has 3 unspecified atom stereocenters. The van der Waals surface area contributed by atoms with E-state index < -0.39 is 11.9 Å². The molecule has 2 heterocycles. The number of aliphatic carboxylic acids is 1. The summed E-state index contributed by atoms with van der Waals surface area (Å²) < 4.78 is 5.51. The van der Waals surface area contributed by atoms with Crippen molar-refractivity contribution in [2.75, 3.05) is 26.2 Å². The van der Waals surface area contributed by atoms with Crippen molar-refractivity contribution >= 4 is 12.0 Å². The number of amides is 2. The van der Waals surface area contributed by atoms with Crippen molar-refractivity contribution in [2.24, 2.45) is 11.8 Å². The van der Waals surface area contributed by atoms with Crippen LogP contribution in [0.3, 0.4) is 0 Å². The number of urea groups is 1. The molecule has 2 aliphatic rings. The second-order valence-electron chi connectivity index (χ2n) is 6.22. The lowest BCUT2D eigenvalue weighted by atomic mass is 9.93. The van der Waals surface area contributed by atoms with Gasteiger partial charge in [0.1, 0.15) is 0 Å². The van der Waals surface area contributed by atoms with Crippen LogP contribution in [0.5, 0.6) is 0 Å². The summed E-state index contributed by atoms with van der Waals surface area (Å²) in [4.78, 5) is 24.7. The molecule has 0 radical (unpaired) electrons. The Kier molecular flexibility index (Phi) is 5.85. The lowest BCUT2D eigenvalue weighted by molar-refractivity contribution is -0.143. The number of nitrogens with one attached hydrogen (secondary N) is 1. The Bertz CT molecular complexity index is 375. The summed E-state index contributed by atoms with van der Waals surface area (Å²) >= 11 is 0. The van der Waals surface area contributed by atoms with E-state index >= 15 is 0 Å². The number of nitrogens with zero attached hydrogens (tertiary/aromatic N) is 1. The van der Waals surface area contributed by atoms with Crippen molar-refractivity contribution in [2.45, 2.75) is 45.1 Å². The summed E-state index contributed by atoms with van der Waals surface area (Å²) in [5, 5.41) is 12.0. The van der Waals surface area contributed by atoms with Crippen molar-refractivity contribution < 1.29 is 19.4 Å². The molecule has 0 aliphatic carbocycles. The molecule has 6 nitrogen and oxygen atoms in total. The van der Waals surface area contributed by atoms with Crippen LogP contribution in [0.1, 0.15) is 39.0 Å². The number of hydrogen-bond acceptors (Lipinski definition) is 3. The smallest absolute Gasteiger partial charge is 0.317 e. The number of hydrogen-bond donors (Lipinski definition) is 2. The molecule has 2 fully saturated rings. The summed E-state index contributed by atoms with van der Waals surface area (Å²) in [6.45, 7) is 4.54. The first-order valence-corrected chi connectivity index (χ1v) is 7.93. The minimum absolute atomic E-state index is 0.124. The van der Waals surface area contributed by atoms with Gasteiger partial charge in [0.2, 0.25) is 0 Å². The molecule has 2 aliphatic heterocycles. The molecule has 2 saturated heterocycles. The standard InChI is InChI=1S/C15H26N2O4/c1-11-9-12(5-8-21-11)4-6-16-15(20)17-7-2-3-13(10-17)14(18)19/h11-13H,2-10H2,1H3,(H,16,20)(H,18,19). The van der Waals surface area contributed by atoms with Crippen LogP contribution < -0.4 is 5.32 Å². The first kappa shape index (κ1) is 16.1. The maximum atomic E-state index is 12.1. The number of piperidine rings is 1. The van der Waals surface area contributed by atoms with Crippen LogP contribution in [0.4, 0.5) is 4.79 Å². The van der Waals surface area contributed by atoms with Crippen molar-refractivity contribution in [3.8, 4) is 0 Å². The Labute approximate surface area is 125 Å². The highest BCUT2D eigenvalue weighted by molar-refractivity contribution is 5.76. The average Bonchev–Trinajstić information content (AvgIpc) is 2.47. The van der Waals surface area contributed by atoms with Crippen molar-refractivity contribution in [1.82, 2.24) is 10.2 Å². The van der Waals surface area contributed by atoms with E-state index in [9.17, 15) is 9.59 Å². The monoisotopic (exact) mass is 298 g/mol. The third-order valence-corrected chi connectivity index (χ3v) is 4.48. The zero-order valence-corrected chi connectivity index (χ0v) is 12.7. The van der Waals surface area contributed by atoms with Gasteiger partial charge in [-0.25, -0.2) is 4.79 Å². The first-order chi connectivity index (χ1) is 10.1. The molecular formula is C15H26N2O4. The van der Waals surface area contributed by atoms with Crippen molar-refractivity contribution in [3.05, 3.63) is 0 Å². The number of rotatable bonds is 4. The van der Waals surface area contributed by atoms with Crippen LogP contribution in [-0.4, -0.2) is 54.4 Å². The van der Waals surface area contributed by atoms with Gasteiger partial charge in [0.05, 0.1) is 12.0 Å². The third kappa shape index (κ3) is 4.88. The number of carboxylic acids is 1. The Hall–Kier alpha value is -1.30. The number of likely N-dealkylation sites (tertiary alicyclic amines) is 1. The van der Waals surface area contributed by atoms with Crippen molar-refractivity contribution in [3.63, 3.8) is 0 Å². The Balaban J connectivity index is 1.68. The van der Waals surface area contributed by atoms with Gasteiger partial charge >= 0.3 is 12.0 Å². The summed E-state index contributed by atoms with van der Waals surface area (Å²) in [5.74, 6) is -0.605. The Morgan fingerprint density at radius 1 is 1.38 bits per heavy atom. The summed E-state index contributed by atoms with van der Waals surface area (Å²) in [6, 6.07) is -0.124. The van der Waals surface area contributed by atoms with Crippen LogP contribution in [-0.2, 0) is 9.53 Å². The lowest BCUT2D eigenvalue weighted by Crippen LogP contribution is -2.47. The Morgan fingerprint density at radius 3 is 2.90 bits per heavy atom. The maximum absolute atomic E-state index is 12.1. The van der Waals surface area contributed by atoms with Crippen LogP contribution in [0.15, 0.2) is 0 Å². The van der Waals surface area contributed by atoms with Gasteiger partial charge in [-0.15, -0.1) is 0 Å². The van der Waals surface area contributed by atoms with Gasteiger partial charge in [0.25, 0.3) is 0 Å². The van der Waals surface area contributed by atoms with E-state index in [4.69, 9.17) is 9.84 Å². The Morgan fingerprint density at radius 2 is 2.19 bits per heavy atom. The number of ether oxygens (including phenoxy) is 1.